The molecule has 0 N–H and O–H groups in total. The van der Waals surface area contributed by atoms with E-state index in [1.807, 2.05) is 0 Å². The summed E-state index contributed by atoms with van der Waals surface area (Å²) in [5, 5.41) is 0.793. The smallest absolute Gasteiger partial charge is 0.347 e. The Morgan fingerprint density at radius 3 is 2.61 bits per heavy atom. The number of cyclic esters (lactones) is 1. The van der Waals surface area contributed by atoms with Crippen LogP contribution in [0.4, 0.5) is 0 Å². The molecule has 0 saturated carbocycles. The zero-order valence-corrected chi connectivity index (χ0v) is 10.8. The first-order valence-corrected chi connectivity index (χ1v) is 6.12. The van der Waals surface area contributed by atoms with E-state index in [0.717, 1.165) is 0 Å². The standard InChI is InChI=1S/C12H10Cl2O4/c13-8-2-1-3-9(14)7(8)6-11(15)18-10-4-5-17-12(10)16/h1-3,10H,4-6H2/t10-/m1/s1. The van der Waals surface area contributed by atoms with Crippen LogP contribution in [0.1, 0.15) is 12.0 Å². The van der Waals surface area contributed by atoms with Crippen molar-refractivity contribution in [3.8, 4) is 0 Å². The van der Waals surface area contributed by atoms with Gasteiger partial charge in [-0.1, -0.05) is 29.3 Å². The number of esters is 2. The second-order valence-electron chi connectivity index (χ2n) is 3.81. The fourth-order valence-electron chi connectivity index (χ4n) is 1.63. The number of hydrogen-bond acceptors (Lipinski definition) is 4. The SMILES string of the molecule is O=C(Cc1c(Cl)cccc1Cl)O[C@@H]1CCOC1=O. The average Bonchev–Trinajstić information content (AvgIpc) is 2.70. The molecule has 1 aliphatic rings. The highest BCUT2D eigenvalue weighted by atomic mass is 35.5. The van der Waals surface area contributed by atoms with Crippen molar-refractivity contribution in [3.63, 3.8) is 0 Å². The molecule has 0 amide bonds. The van der Waals surface area contributed by atoms with Gasteiger partial charge < -0.3 is 9.47 Å². The quantitative estimate of drug-likeness (QED) is 0.802. The summed E-state index contributed by atoms with van der Waals surface area (Å²) in [7, 11) is 0. The Bertz CT molecular complexity index is 467. The van der Waals surface area contributed by atoms with Crippen LogP contribution in [0, 0.1) is 0 Å². The van der Waals surface area contributed by atoms with Gasteiger partial charge in [-0.05, 0) is 12.1 Å². The highest BCUT2D eigenvalue weighted by Crippen LogP contribution is 2.25. The minimum Gasteiger partial charge on any atom is -0.463 e. The molecule has 1 atom stereocenters. The van der Waals surface area contributed by atoms with Gasteiger partial charge in [0.05, 0.1) is 13.0 Å². The summed E-state index contributed by atoms with van der Waals surface area (Å²) >= 11 is 11.9. The van der Waals surface area contributed by atoms with Gasteiger partial charge in [-0.3, -0.25) is 4.79 Å². The number of hydrogen-bond donors (Lipinski definition) is 0. The lowest BCUT2D eigenvalue weighted by Gasteiger charge is -2.10. The summed E-state index contributed by atoms with van der Waals surface area (Å²) in [6.45, 7) is 0.281. The lowest BCUT2D eigenvalue weighted by molar-refractivity contribution is -0.159. The van der Waals surface area contributed by atoms with Gasteiger partial charge in [0.2, 0.25) is 6.10 Å². The molecular formula is C12H10Cl2O4. The maximum Gasteiger partial charge on any atom is 0.347 e. The van der Waals surface area contributed by atoms with Crippen LogP contribution in [0.2, 0.25) is 10.0 Å². The lowest BCUT2D eigenvalue weighted by Crippen LogP contribution is -2.23. The van der Waals surface area contributed by atoms with Gasteiger partial charge in [0.15, 0.2) is 0 Å². The first-order chi connectivity index (χ1) is 8.58. The van der Waals surface area contributed by atoms with Gasteiger partial charge in [-0.2, -0.15) is 0 Å². The topological polar surface area (TPSA) is 52.6 Å². The van der Waals surface area contributed by atoms with E-state index in [2.05, 4.69) is 0 Å². The van der Waals surface area contributed by atoms with Crippen LogP contribution in [0.3, 0.4) is 0 Å². The van der Waals surface area contributed by atoms with Crippen molar-refractivity contribution >= 4 is 35.1 Å². The molecule has 0 bridgehead atoms. The lowest BCUT2D eigenvalue weighted by atomic mass is 10.1. The fraction of sp³-hybridized carbons (Fsp3) is 0.333. The molecule has 1 saturated heterocycles. The van der Waals surface area contributed by atoms with Crippen molar-refractivity contribution < 1.29 is 19.1 Å². The normalized spacial score (nSPS) is 18.6. The van der Waals surface area contributed by atoms with Gasteiger partial charge in [0.1, 0.15) is 0 Å². The molecule has 1 fully saturated rings. The molecule has 1 heterocycles. The van der Waals surface area contributed by atoms with Gasteiger partial charge in [0, 0.05) is 22.0 Å². The molecule has 96 valence electrons. The molecule has 1 aromatic rings. The highest BCUT2D eigenvalue weighted by molar-refractivity contribution is 6.36. The van der Waals surface area contributed by atoms with E-state index in [0.29, 0.717) is 22.0 Å². The first kappa shape index (κ1) is 13.2. The number of carbonyl (C=O) groups is 2. The number of halogens is 2. The van der Waals surface area contributed by atoms with Crippen molar-refractivity contribution in [1.29, 1.82) is 0 Å². The van der Waals surface area contributed by atoms with Gasteiger partial charge in [0.25, 0.3) is 0 Å². The average molecular weight is 289 g/mol. The number of benzene rings is 1. The van der Waals surface area contributed by atoms with E-state index < -0.39 is 18.0 Å². The van der Waals surface area contributed by atoms with Crippen LogP contribution in [0.15, 0.2) is 18.2 Å². The van der Waals surface area contributed by atoms with Crippen LogP contribution in [-0.4, -0.2) is 24.6 Å². The molecule has 0 aromatic heterocycles. The van der Waals surface area contributed by atoms with Crippen molar-refractivity contribution in [2.45, 2.75) is 18.9 Å². The van der Waals surface area contributed by atoms with E-state index in [4.69, 9.17) is 32.7 Å². The van der Waals surface area contributed by atoms with Crippen molar-refractivity contribution in [2.24, 2.45) is 0 Å². The minimum absolute atomic E-state index is 0.0672. The summed E-state index contributed by atoms with van der Waals surface area (Å²) in [6, 6.07) is 4.97. The summed E-state index contributed by atoms with van der Waals surface area (Å²) in [6.07, 6.45) is -0.484. The number of ether oxygens (including phenoxy) is 2. The van der Waals surface area contributed by atoms with E-state index >= 15 is 0 Å². The third kappa shape index (κ3) is 2.94. The van der Waals surface area contributed by atoms with Crippen LogP contribution >= 0.6 is 23.2 Å². The Morgan fingerprint density at radius 1 is 1.39 bits per heavy atom. The van der Waals surface area contributed by atoms with Gasteiger partial charge >= 0.3 is 11.9 Å². The maximum absolute atomic E-state index is 11.7. The Labute approximate surface area is 114 Å². The molecule has 2 rings (SSSR count). The van der Waals surface area contributed by atoms with Crippen LogP contribution in [0.25, 0.3) is 0 Å². The molecule has 6 heteroatoms. The largest absolute Gasteiger partial charge is 0.463 e. The summed E-state index contributed by atoms with van der Waals surface area (Å²) in [5.74, 6) is -1.05. The summed E-state index contributed by atoms with van der Waals surface area (Å²) < 4.78 is 9.70. The van der Waals surface area contributed by atoms with Gasteiger partial charge in [-0.25, -0.2) is 4.79 Å². The molecule has 1 aliphatic heterocycles. The van der Waals surface area contributed by atoms with E-state index in [-0.39, 0.29) is 13.0 Å². The Hall–Kier alpha value is -1.26. The van der Waals surface area contributed by atoms with E-state index in [1.165, 1.54) is 0 Å². The van der Waals surface area contributed by atoms with Crippen molar-refractivity contribution in [1.82, 2.24) is 0 Å². The highest BCUT2D eigenvalue weighted by Gasteiger charge is 2.30. The number of carbonyl (C=O) groups excluding carboxylic acids is 2. The van der Waals surface area contributed by atoms with Crippen LogP contribution in [0.5, 0.6) is 0 Å². The van der Waals surface area contributed by atoms with Crippen LogP contribution < -0.4 is 0 Å². The number of rotatable bonds is 3. The van der Waals surface area contributed by atoms with Crippen molar-refractivity contribution in [2.75, 3.05) is 6.61 Å². The molecular weight excluding hydrogens is 279 g/mol. The third-order valence-corrected chi connectivity index (χ3v) is 3.25. The van der Waals surface area contributed by atoms with E-state index in [9.17, 15) is 9.59 Å². The molecule has 0 unspecified atom stereocenters. The first-order valence-electron chi connectivity index (χ1n) is 5.37. The maximum atomic E-state index is 11.7. The zero-order valence-electron chi connectivity index (χ0n) is 9.32. The monoisotopic (exact) mass is 288 g/mol. The molecule has 0 radical (unpaired) electrons. The minimum atomic E-state index is -0.807. The third-order valence-electron chi connectivity index (χ3n) is 2.54. The Morgan fingerprint density at radius 2 is 2.06 bits per heavy atom. The molecule has 0 spiro atoms. The Balaban J connectivity index is 2.01. The molecule has 0 aliphatic carbocycles. The summed E-state index contributed by atoms with van der Waals surface area (Å²) in [4.78, 5) is 22.8. The Kier molecular flexibility index (Phi) is 4.09. The molecule has 18 heavy (non-hydrogen) atoms. The zero-order chi connectivity index (χ0) is 13.1. The predicted molar refractivity (Wildman–Crippen MR) is 65.6 cm³/mol. The molecule has 1 aromatic carbocycles. The predicted octanol–water partition coefficient (Wildman–Crippen LogP) is 2.39. The second-order valence-corrected chi connectivity index (χ2v) is 4.63. The van der Waals surface area contributed by atoms with E-state index in [1.54, 1.807) is 18.2 Å². The second kappa shape index (κ2) is 5.59. The van der Waals surface area contributed by atoms with Gasteiger partial charge in [-0.15, -0.1) is 0 Å². The summed E-state index contributed by atoms with van der Waals surface area (Å²) in [5.41, 5.74) is 0.497. The molecule has 4 nitrogen and oxygen atoms in total. The fourth-order valence-corrected chi connectivity index (χ4v) is 2.16. The van der Waals surface area contributed by atoms with Crippen molar-refractivity contribution in [3.05, 3.63) is 33.8 Å². The van der Waals surface area contributed by atoms with Crippen LogP contribution in [-0.2, 0) is 25.5 Å².